The first-order chi connectivity index (χ1) is 6.68. The SMILES string of the molecule is CC(CNC(C1CC1)C1CC1)C(=O)O. The maximum atomic E-state index is 10.6. The van der Waals surface area contributed by atoms with Crippen molar-refractivity contribution in [2.45, 2.75) is 38.6 Å². The number of carboxylic acid groups (broad SMARTS) is 1. The lowest BCUT2D eigenvalue weighted by Crippen LogP contribution is -2.37. The second kappa shape index (κ2) is 3.89. The largest absolute Gasteiger partial charge is 0.481 e. The fourth-order valence-electron chi connectivity index (χ4n) is 2.03. The van der Waals surface area contributed by atoms with E-state index in [4.69, 9.17) is 5.11 Å². The van der Waals surface area contributed by atoms with Crippen LogP contribution in [0.5, 0.6) is 0 Å². The Balaban J connectivity index is 1.73. The second-order valence-electron chi connectivity index (χ2n) is 4.85. The van der Waals surface area contributed by atoms with Crippen LogP contribution in [0.2, 0.25) is 0 Å². The van der Waals surface area contributed by atoms with Gasteiger partial charge >= 0.3 is 5.97 Å². The number of hydrogen-bond donors (Lipinski definition) is 2. The molecule has 1 unspecified atom stereocenters. The molecule has 1 atom stereocenters. The summed E-state index contributed by atoms with van der Waals surface area (Å²) in [5.74, 6) is 0.754. The van der Waals surface area contributed by atoms with Crippen molar-refractivity contribution in [3.05, 3.63) is 0 Å². The van der Waals surface area contributed by atoms with Gasteiger partial charge in [-0.25, -0.2) is 0 Å². The van der Waals surface area contributed by atoms with Crippen molar-refractivity contribution in [1.29, 1.82) is 0 Å². The summed E-state index contributed by atoms with van der Waals surface area (Å²) in [5, 5.41) is 12.2. The molecule has 0 bridgehead atoms. The van der Waals surface area contributed by atoms with Gasteiger partial charge in [0, 0.05) is 12.6 Å². The molecule has 0 aromatic heterocycles. The maximum absolute atomic E-state index is 10.6. The molecule has 0 aromatic rings. The fraction of sp³-hybridized carbons (Fsp3) is 0.909. The summed E-state index contributed by atoms with van der Waals surface area (Å²) in [6, 6.07) is 0.622. The molecule has 80 valence electrons. The van der Waals surface area contributed by atoms with Gasteiger partial charge in [-0.3, -0.25) is 4.79 Å². The van der Waals surface area contributed by atoms with Gasteiger partial charge in [0.1, 0.15) is 0 Å². The van der Waals surface area contributed by atoms with Crippen LogP contribution >= 0.6 is 0 Å². The number of hydrogen-bond acceptors (Lipinski definition) is 2. The number of aliphatic carboxylic acids is 1. The Morgan fingerprint density at radius 2 is 1.86 bits per heavy atom. The van der Waals surface area contributed by atoms with Gasteiger partial charge in [-0.05, 0) is 37.5 Å². The summed E-state index contributed by atoms with van der Waals surface area (Å²) in [4.78, 5) is 10.6. The zero-order chi connectivity index (χ0) is 10.1. The molecule has 0 amide bonds. The summed E-state index contributed by atoms with van der Waals surface area (Å²) in [7, 11) is 0. The summed E-state index contributed by atoms with van der Waals surface area (Å²) in [6.45, 7) is 2.40. The molecular weight excluding hydrogens is 178 g/mol. The van der Waals surface area contributed by atoms with Gasteiger partial charge in [0.05, 0.1) is 5.92 Å². The molecule has 2 fully saturated rings. The van der Waals surface area contributed by atoms with Crippen LogP contribution in [0.1, 0.15) is 32.6 Å². The molecule has 0 heterocycles. The Bertz CT molecular complexity index is 209. The van der Waals surface area contributed by atoms with E-state index >= 15 is 0 Å². The molecule has 0 spiro atoms. The van der Waals surface area contributed by atoms with Crippen LogP contribution in [0.25, 0.3) is 0 Å². The Hall–Kier alpha value is -0.570. The lowest BCUT2D eigenvalue weighted by Gasteiger charge is -2.18. The normalized spacial score (nSPS) is 23.9. The highest BCUT2D eigenvalue weighted by Crippen LogP contribution is 2.44. The van der Waals surface area contributed by atoms with E-state index in [-0.39, 0.29) is 5.92 Å². The molecule has 3 nitrogen and oxygen atoms in total. The highest BCUT2D eigenvalue weighted by molar-refractivity contribution is 5.69. The molecule has 2 saturated carbocycles. The molecule has 0 saturated heterocycles. The van der Waals surface area contributed by atoms with Gasteiger partial charge in [-0.15, -0.1) is 0 Å². The number of carboxylic acids is 1. The van der Waals surface area contributed by atoms with Crippen molar-refractivity contribution in [3.63, 3.8) is 0 Å². The predicted octanol–water partition coefficient (Wildman–Crippen LogP) is 1.49. The van der Waals surface area contributed by atoms with Crippen LogP contribution in [-0.4, -0.2) is 23.7 Å². The van der Waals surface area contributed by atoms with E-state index in [1.807, 2.05) is 0 Å². The minimum Gasteiger partial charge on any atom is -0.481 e. The quantitative estimate of drug-likeness (QED) is 0.678. The average Bonchev–Trinajstić information content (AvgIpc) is 2.99. The zero-order valence-electron chi connectivity index (χ0n) is 8.70. The van der Waals surface area contributed by atoms with Gasteiger partial charge < -0.3 is 10.4 Å². The van der Waals surface area contributed by atoms with Crippen LogP contribution in [0, 0.1) is 17.8 Å². The Morgan fingerprint density at radius 1 is 1.36 bits per heavy atom. The highest BCUT2D eigenvalue weighted by Gasteiger charge is 2.41. The van der Waals surface area contributed by atoms with Gasteiger partial charge in [-0.2, -0.15) is 0 Å². The van der Waals surface area contributed by atoms with Gasteiger partial charge in [-0.1, -0.05) is 6.92 Å². The number of carbonyl (C=O) groups is 1. The topological polar surface area (TPSA) is 49.3 Å². The van der Waals surface area contributed by atoms with E-state index in [1.54, 1.807) is 6.92 Å². The van der Waals surface area contributed by atoms with Crippen molar-refractivity contribution in [3.8, 4) is 0 Å². The van der Waals surface area contributed by atoms with E-state index in [1.165, 1.54) is 25.7 Å². The first-order valence-electron chi connectivity index (χ1n) is 5.64. The Kier molecular flexibility index (Phi) is 2.77. The van der Waals surface area contributed by atoms with E-state index < -0.39 is 5.97 Å². The van der Waals surface area contributed by atoms with E-state index in [9.17, 15) is 4.79 Å². The Labute approximate surface area is 84.9 Å². The Morgan fingerprint density at radius 3 is 2.21 bits per heavy atom. The molecule has 0 radical (unpaired) electrons. The zero-order valence-corrected chi connectivity index (χ0v) is 8.70. The first kappa shape index (κ1) is 9.97. The van der Waals surface area contributed by atoms with Crippen molar-refractivity contribution in [2.75, 3.05) is 6.54 Å². The van der Waals surface area contributed by atoms with Gasteiger partial charge in [0.15, 0.2) is 0 Å². The minimum absolute atomic E-state index is 0.255. The predicted molar refractivity (Wildman–Crippen MR) is 54.0 cm³/mol. The lowest BCUT2D eigenvalue weighted by atomic mass is 10.1. The molecule has 2 aliphatic rings. The summed E-state index contributed by atoms with van der Waals surface area (Å²) < 4.78 is 0. The van der Waals surface area contributed by atoms with E-state index in [2.05, 4.69) is 5.32 Å². The van der Waals surface area contributed by atoms with Gasteiger partial charge in [0.2, 0.25) is 0 Å². The molecule has 2 aliphatic carbocycles. The lowest BCUT2D eigenvalue weighted by molar-refractivity contribution is -0.141. The first-order valence-corrected chi connectivity index (χ1v) is 5.64. The number of rotatable bonds is 6. The molecule has 2 rings (SSSR count). The molecule has 0 aliphatic heterocycles. The standard InChI is InChI=1S/C11H19NO2/c1-7(11(13)14)6-12-10(8-2-3-8)9-4-5-9/h7-10,12H,2-6H2,1H3,(H,13,14). The van der Waals surface area contributed by atoms with Crippen molar-refractivity contribution in [2.24, 2.45) is 17.8 Å². The summed E-state index contributed by atoms with van der Waals surface area (Å²) in [5.41, 5.74) is 0. The minimum atomic E-state index is -0.692. The van der Waals surface area contributed by atoms with E-state index in [0.29, 0.717) is 12.6 Å². The highest BCUT2D eigenvalue weighted by atomic mass is 16.4. The fourth-order valence-corrected chi connectivity index (χ4v) is 2.03. The van der Waals surface area contributed by atoms with Crippen LogP contribution in [0.15, 0.2) is 0 Å². The molecular formula is C11H19NO2. The van der Waals surface area contributed by atoms with Crippen LogP contribution < -0.4 is 5.32 Å². The van der Waals surface area contributed by atoms with Gasteiger partial charge in [0.25, 0.3) is 0 Å². The van der Waals surface area contributed by atoms with E-state index in [0.717, 1.165) is 11.8 Å². The third-order valence-electron chi connectivity index (χ3n) is 3.34. The second-order valence-corrected chi connectivity index (χ2v) is 4.85. The third kappa shape index (κ3) is 2.47. The van der Waals surface area contributed by atoms with Crippen molar-refractivity contribution < 1.29 is 9.90 Å². The van der Waals surface area contributed by atoms with Crippen LogP contribution in [-0.2, 0) is 4.79 Å². The molecule has 0 aromatic carbocycles. The van der Waals surface area contributed by atoms with Crippen molar-refractivity contribution in [1.82, 2.24) is 5.32 Å². The summed E-state index contributed by atoms with van der Waals surface area (Å²) in [6.07, 6.45) is 5.37. The molecule has 14 heavy (non-hydrogen) atoms. The van der Waals surface area contributed by atoms with Crippen molar-refractivity contribution >= 4 is 5.97 Å². The smallest absolute Gasteiger partial charge is 0.307 e. The average molecular weight is 197 g/mol. The van der Waals surface area contributed by atoms with Crippen LogP contribution in [0.3, 0.4) is 0 Å². The summed E-state index contributed by atoms with van der Waals surface area (Å²) >= 11 is 0. The number of nitrogens with one attached hydrogen (secondary N) is 1. The maximum Gasteiger partial charge on any atom is 0.307 e. The molecule has 3 heteroatoms. The monoisotopic (exact) mass is 197 g/mol. The van der Waals surface area contributed by atoms with Crippen LogP contribution in [0.4, 0.5) is 0 Å². The third-order valence-corrected chi connectivity index (χ3v) is 3.34. The molecule has 2 N–H and O–H groups in total.